The zero-order valence-electron chi connectivity index (χ0n) is 17.1. The van der Waals surface area contributed by atoms with Gasteiger partial charge in [0.05, 0.1) is 0 Å². The lowest BCUT2D eigenvalue weighted by molar-refractivity contribution is -0.137. The van der Waals surface area contributed by atoms with Crippen LogP contribution in [0.15, 0.2) is 11.6 Å². The predicted molar refractivity (Wildman–Crippen MR) is 106 cm³/mol. The fraction of sp³-hybridized carbons (Fsp3) is 0.875. The van der Waals surface area contributed by atoms with Crippen LogP contribution in [0.2, 0.25) is 0 Å². The number of hydrogen-bond acceptors (Lipinski definition) is 1. The Bertz CT molecular complexity index is 593. The van der Waals surface area contributed by atoms with Crippen molar-refractivity contribution < 1.29 is 9.90 Å². The van der Waals surface area contributed by atoms with Crippen LogP contribution < -0.4 is 0 Å². The number of aliphatic carboxylic acids is 1. The van der Waals surface area contributed by atoms with E-state index in [9.17, 15) is 4.79 Å². The van der Waals surface area contributed by atoms with Crippen LogP contribution in [0.25, 0.3) is 0 Å². The highest BCUT2D eigenvalue weighted by Gasteiger charge is 2.58. The molecule has 7 atom stereocenters. The molecule has 0 heterocycles. The highest BCUT2D eigenvalue weighted by molar-refractivity contribution is 5.66. The lowest BCUT2D eigenvalue weighted by Gasteiger charge is -2.58. The van der Waals surface area contributed by atoms with Gasteiger partial charge < -0.3 is 5.11 Å². The Morgan fingerprint density at radius 2 is 2.00 bits per heavy atom. The molecule has 0 unspecified atom stereocenters. The summed E-state index contributed by atoms with van der Waals surface area (Å²) in [5, 5.41) is 9.09. The molecule has 2 nitrogen and oxygen atoms in total. The Kier molecular flexibility index (Phi) is 4.77. The van der Waals surface area contributed by atoms with E-state index in [-0.39, 0.29) is 0 Å². The summed E-state index contributed by atoms with van der Waals surface area (Å²) in [6.07, 6.45) is 16.3. The maximum Gasteiger partial charge on any atom is 0.303 e. The minimum absolute atomic E-state index is 0.342. The van der Waals surface area contributed by atoms with Crippen LogP contribution in [0, 0.1) is 40.4 Å². The molecule has 0 aliphatic heterocycles. The van der Waals surface area contributed by atoms with Crippen LogP contribution in [-0.2, 0) is 4.79 Å². The maximum atomic E-state index is 11.0. The summed E-state index contributed by atoms with van der Waals surface area (Å²) >= 11 is 0. The van der Waals surface area contributed by atoms with E-state index in [1.54, 1.807) is 5.57 Å². The van der Waals surface area contributed by atoms with Crippen molar-refractivity contribution in [3.63, 3.8) is 0 Å². The molecule has 0 radical (unpaired) electrons. The molecule has 3 saturated carbocycles. The van der Waals surface area contributed by atoms with Crippen molar-refractivity contribution in [2.24, 2.45) is 40.4 Å². The lowest BCUT2D eigenvalue weighted by Crippen LogP contribution is -2.50. The van der Waals surface area contributed by atoms with Gasteiger partial charge in [0.2, 0.25) is 0 Å². The SMILES string of the molecule is C[C@H](CCC(=O)O)[C@H]1CC[C@H]2[C@@H]3CC=C4CCCC[C@]4(C)[C@H]3CC[C@]12C. The molecule has 0 bridgehead atoms. The molecule has 4 aliphatic carbocycles. The van der Waals surface area contributed by atoms with Crippen molar-refractivity contribution in [3.05, 3.63) is 11.6 Å². The Labute approximate surface area is 159 Å². The smallest absolute Gasteiger partial charge is 0.303 e. The number of rotatable bonds is 4. The molecule has 3 fully saturated rings. The molecular formula is C24H38O2. The Morgan fingerprint density at radius 3 is 2.77 bits per heavy atom. The summed E-state index contributed by atoms with van der Waals surface area (Å²) in [6, 6.07) is 0. The quantitative estimate of drug-likeness (QED) is 0.586. The third-order valence-corrected chi connectivity index (χ3v) is 9.59. The number of fused-ring (bicyclic) bond motifs is 5. The first-order valence-electron chi connectivity index (χ1n) is 11.3. The van der Waals surface area contributed by atoms with E-state index < -0.39 is 5.97 Å². The molecule has 1 N–H and O–H groups in total. The van der Waals surface area contributed by atoms with E-state index in [1.807, 2.05) is 0 Å². The van der Waals surface area contributed by atoms with Crippen LogP contribution in [0.4, 0.5) is 0 Å². The van der Waals surface area contributed by atoms with Crippen molar-refractivity contribution >= 4 is 5.97 Å². The number of carboxylic acids is 1. The standard InChI is InChI=1S/C24H38O2/c1-16(7-12-22(25)26)19-10-11-20-18-9-8-17-6-4-5-14-23(17,2)21(18)13-15-24(19,20)3/h8,16,18-21H,4-7,9-15H2,1-3H3,(H,25,26)/t16-,18+,19-,20+,21+,23+,24-/m1/s1. The summed E-state index contributed by atoms with van der Waals surface area (Å²) in [6.45, 7) is 7.50. The molecule has 0 aromatic carbocycles. The second kappa shape index (κ2) is 6.67. The van der Waals surface area contributed by atoms with Gasteiger partial charge in [0.1, 0.15) is 0 Å². The summed E-state index contributed by atoms with van der Waals surface area (Å²) in [5.41, 5.74) is 2.75. The molecule has 0 aromatic heterocycles. The van der Waals surface area contributed by atoms with Gasteiger partial charge in [-0.3, -0.25) is 4.79 Å². The molecule has 2 heteroatoms. The summed E-state index contributed by atoms with van der Waals surface area (Å²) in [5.74, 6) is 3.33. The second-order valence-corrected chi connectivity index (χ2v) is 10.6. The van der Waals surface area contributed by atoms with E-state index in [4.69, 9.17) is 5.11 Å². The van der Waals surface area contributed by atoms with Gasteiger partial charge in [0.15, 0.2) is 0 Å². The van der Waals surface area contributed by atoms with Crippen molar-refractivity contribution in [1.82, 2.24) is 0 Å². The van der Waals surface area contributed by atoms with Gasteiger partial charge in [0.25, 0.3) is 0 Å². The zero-order valence-corrected chi connectivity index (χ0v) is 17.1. The van der Waals surface area contributed by atoms with Crippen LogP contribution >= 0.6 is 0 Å². The Balaban J connectivity index is 1.54. The predicted octanol–water partition coefficient (Wildman–Crippen LogP) is 6.46. The summed E-state index contributed by atoms with van der Waals surface area (Å²) in [7, 11) is 0. The van der Waals surface area contributed by atoms with Crippen molar-refractivity contribution in [2.75, 3.05) is 0 Å². The van der Waals surface area contributed by atoms with Crippen molar-refractivity contribution in [3.8, 4) is 0 Å². The number of carbonyl (C=O) groups is 1. The molecular weight excluding hydrogens is 320 g/mol. The average molecular weight is 359 g/mol. The van der Waals surface area contributed by atoms with Gasteiger partial charge in [-0.05, 0) is 98.2 Å². The largest absolute Gasteiger partial charge is 0.481 e. The number of hydrogen-bond donors (Lipinski definition) is 1. The third kappa shape index (κ3) is 2.78. The number of allylic oxidation sites excluding steroid dienone is 2. The highest BCUT2D eigenvalue weighted by Crippen LogP contribution is 2.67. The van der Waals surface area contributed by atoms with E-state index in [0.29, 0.717) is 23.2 Å². The van der Waals surface area contributed by atoms with Crippen LogP contribution in [0.1, 0.15) is 91.4 Å². The molecule has 0 aromatic rings. The minimum Gasteiger partial charge on any atom is -0.481 e. The second-order valence-electron chi connectivity index (χ2n) is 10.6. The van der Waals surface area contributed by atoms with Crippen LogP contribution in [-0.4, -0.2) is 11.1 Å². The fourth-order valence-electron chi connectivity index (χ4n) is 8.23. The van der Waals surface area contributed by atoms with Gasteiger partial charge in [-0.15, -0.1) is 0 Å². The minimum atomic E-state index is -0.629. The van der Waals surface area contributed by atoms with E-state index in [2.05, 4.69) is 26.8 Å². The van der Waals surface area contributed by atoms with Crippen LogP contribution in [0.5, 0.6) is 0 Å². The first-order chi connectivity index (χ1) is 12.4. The average Bonchev–Trinajstić information content (AvgIpc) is 2.96. The fourth-order valence-corrected chi connectivity index (χ4v) is 8.23. The molecule has 4 aliphatic rings. The van der Waals surface area contributed by atoms with Gasteiger partial charge in [-0.25, -0.2) is 0 Å². The van der Waals surface area contributed by atoms with Crippen LogP contribution in [0.3, 0.4) is 0 Å². The first kappa shape index (κ1) is 18.6. The summed E-state index contributed by atoms with van der Waals surface area (Å²) < 4.78 is 0. The molecule has 26 heavy (non-hydrogen) atoms. The van der Waals surface area contributed by atoms with Gasteiger partial charge in [-0.2, -0.15) is 0 Å². The monoisotopic (exact) mass is 358 g/mol. The van der Waals surface area contributed by atoms with Gasteiger partial charge in [0, 0.05) is 6.42 Å². The molecule has 0 amide bonds. The third-order valence-electron chi connectivity index (χ3n) is 9.59. The number of carboxylic acid groups (broad SMARTS) is 1. The van der Waals surface area contributed by atoms with E-state index >= 15 is 0 Å². The highest BCUT2D eigenvalue weighted by atomic mass is 16.4. The van der Waals surface area contributed by atoms with E-state index in [0.717, 1.165) is 30.1 Å². The maximum absolute atomic E-state index is 11.0. The lowest BCUT2D eigenvalue weighted by atomic mass is 9.47. The Hall–Kier alpha value is -0.790. The summed E-state index contributed by atoms with van der Waals surface area (Å²) in [4.78, 5) is 11.0. The zero-order chi connectivity index (χ0) is 18.5. The van der Waals surface area contributed by atoms with Gasteiger partial charge >= 0.3 is 5.97 Å². The first-order valence-corrected chi connectivity index (χ1v) is 11.3. The van der Waals surface area contributed by atoms with E-state index in [1.165, 1.54) is 57.8 Å². The topological polar surface area (TPSA) is 37.3 Å². The van der Waals surface area contributed by atoms with Crippen molar-refractivity contribution in [2.45, 2.75) is 91.4 Å². The van der Waals surface area contributed by atoms with Gasteiger partial charge in [-0.1, -0.05) is 38.8 Å². The molecule has 4 rings (SSSR count). The molecule has 146 valence electrons. The molecule has 0 saturated heterocycles. The molecule has 0 spiro atoms. The normalized spacial score (nSPS) is 45.9. The van der Waals surface area contributed by atoms with Crippen molar-refractivity contribution in [1.29, 1.82) is 0 Å². The Morgan fingerprint density at radius 1 is 1.19 bits per heavy atom.